The summed E-state index contributed by atoms with van der Waals surface area (Å²) in [7, 11) is -4.04. The standard InChI is InChI=1S/C13H18Cl2N2O3S/c1-8(2)4-3-5-17-13(18)9-6-10(14)12(15)11(7-9)21(16,19)20/h6-8H,3-5H2,1-2H3,(H,17,18)(H2,16,19,20). The highest BCUT2D eigenvalue weighted by atomic mass is 35.5. The van der Waals surface area contributed by atoms with Gasteiger partial charge in [-0.15, -0.1) is 0 Å². The maximum Gasteiger partial charge on any atom is 0.251 e. The predicted octanol–water partition coefficient (Wildman–Crippen LogP) is 2.81. The van der Waals surface area contributed by atoms with Crippen molar-refractivity contribution < 1.29 is 13.2 Å². The monoisotopic (exact) mass is 352 g/mol. The summed E-state index contributed by atoms with van der Waals surface area (Å²) in [6.45, 7) is 4.69. The molecule has 0 atom stereocenters. The van der Waals surface area contributed by atoms with E-state index in [0.717, 1.165) is 18.9 Å². The van der Waals surface area contributed by atoms with Crippen LogP contribution in [0.1, 0.15) is 37.0 Å². The van der Waals surface area contributed by atoms with E-state index in [1.165, 1.54) is 6.07 Å². The Morgan fingerprint density at radius 2 is 1.95 bits per heavy atom. The summed E-state index contributed by atoms with van der Waals surface area (Å²) in [6, 6.07) is 2.44. The van der Waals surface area contributed by atoms with Crippen LogP contribution < -0.4 is 10.5 Å². The number of nitrogens with one attached hydrogen (secondary N) is 1. The topological polar surface area (TPSA) is 89.3 Å². The fraction of sp³-hybridized carbons (Fsp3) is 0.462. The molecule has 0 bridgehead atoms. The van der Waals surface area contributed by atoms with Crippen molar-refractivity contribution >= 4 is 39.1 Å². The van der Waals surface area contributed by atoms with Gasteiger partial charge in [0.1, 0.15) is 4.90 Å². The lowest BCUT2D eigenvalue weighted by Crippen LogP contribution is -2.25. The quantitative estimate of drug-likeness (QED) is 0.771. The summed E-state index contributed by atoms with van der Waals surface area (Å²) < 4.78 is 22.8. The number of benzene rings is 1. The molecular formula is C13H18Cl2N2O3S. The van der Waals surface area contributed by atoms with E-state index in [1.54, 1.807) is 0 Å². The fourth-order valence-corrected chi connectivity index (χ4v) is 3.07. The highest BCUT2D eigenvalue weighted by Gasteiger charge is 2.19. The molecular weight excluding hydrogens is 335 g/mol. The van der Waals surface area contributed by atoms with Gasteiger partial charge in [0.2, 0.25) is 10.0 Å². The first-order valence-electron chi connectivity index (χ1n) is 6.43. The predicted molar refractivity (Wildman–Crippen MR) is 84.2 cm³/mol. The van der Waals surface area contributed by atoms with Crippen molar-refractivity contribution in [2.75, 3.05) is 6.54 Å². The van der Waals surface area contributed by atoms with Crippen LogP contribution in [-0.2, 0) is 10.0 Å². The maximum atomic E-state index is 12.0. The second-order valence-electron chi connectivity index (χ2n) is 5.11. The number of carbonyl (C=O) groups excluding carboxylic acids is 1. The van der Waals surface area contributed by atoms with Crippen LogP contribution in [0.5, 0.6) is 0 Å². The Labute approximate surface area is 134 Å². The van der Waals surface area contributed by atoms with Crippen molar-refractivity contribution in [2.45, 2.75) is 31.6 Å². The van der Waals surface area contributed by atoms with Crippen LogP contribution in [0.4, 0.5) is 0 Å². The van der Waals surface area contributed by atoms with Gasteiger partial charge in [-0.05, 0) is 30.9 Å². The molecule has 3 N–H and O–H groups in total. The second kappa shape index (κ2) is 7.45. The molecule has 1 aromatic carbocycles. The minimum atomic E-state index is -4.04. The van der Waals surface area contributed by atoms with E-state index >= 15 is 0 Å². The molecule has 0 saturated heterocycles. The zero-order chi connectivity index (χ0) is 16.2. The molecule has 1 rings (SSSR count). The van der Waals surface area contributed by atoms with Gasteiger partial charge < -0.3 is 5.32 Å². The molecule has 118 valence electrons. The summed E-state index contributed by atoms with van der Waals surface area (Å²) in [5.74, 6) is 0.142. The summed E-state index contributed by atoms with van der Waals surface area (Å²) in [5, 5.41) is 7.53. The molecule has 8 heteroatoms. The van der Waals surface area contributed by atoms with E-state index < -0.39 is 15.9 Å². The Balaban J connectivity index is 2.89. The molecule has 0 aliphatic rings. The Morgan fingerprint density at radius 1 is 1.33 bits per heavy atom. The number of hydrogen-bond donors (Lipinski definition) is 2. The average Bonchev–Trinajstić information content (AvgIpc) is 2.35. The van der Waals surface area contributed by atoms with Gasteiger partial charge in [-0.1, -0.05) is 37.0 Å². The third-order valence-corrected chi connectivity index (χ3v) is 4.66. The molecule has 0 saturated carbocycles. The minimum absolute atomic E-state index is 0.0319. The van der Waals surface area contributed by atoms with Gasteiger partial charge in [0.25, 0.3) is 5.91 Å². The van der Waals surface area contributed by atoms with Crippen LogP contribution >= 0.6 is 23.2 Å². The molecule has 0 aliphatic carbocycles. The fourth-order valence-electron chi connectivity index (χ4n) is 1.72. The second-order valence-corrected chi connectivity index (χ2v) is 7.42. The third kappa shape index (κ3) is 5.47. The van der Waals surface area contributed by atoms with Crippen LogP contribution in [0.15, 0.2) is 17.0 Å². The van der Waals surface area contributed by atoms with Crippen molar-refractivity contribution in [1.29, 1.82) is 0 Å². The van der Waals surface area contributed by atoms with Crippen molar-refractivity contribution in [3.63, 3.8) is 0 Å². The van der Waals surface area contributed by atoms with E-state index in [1.807, 2.05) is 0 Å². The Bertz CT molecular complexity index is 631. The Morgan fingerprint density at radius 3 is 2.48 bits per heavy atom. The van der Waals surface area contributed by atoms with Crippen LogP contribution in [0.2, 0.25) is 10.0 Å². The lowest BCUT2D eigenvalue weighted by molar-refractivity contribution is 0.0952. The summed E-state index contributed by atoms with van der Waals surface area (Å²) in [6.07, 6.45) is 1.83. The van der Waals surface area contributed by atoms with Gasteiger partial charge in [0.05, 0.1) is 10.0 Å². The molecule has 1 amide bonds. The van der Waals surface area contributed by atoms with Crippen molar-refractivity contribution in [3.05, 3.63) is 27.7 Å². The first-order valence-corrected chi connectivity index (χ1v) is 8.73. The SMILES string of the molecule is CC(C)CCCNC(=O)c1cc(Cl)c(Cl)c(S(N)(=O)=O)c1. The minimum Gasteiger partial charge on any atom is -0.352 e. The maximum absolute atomic E-state index is 12.0. The summed E-state index contributed by atoms with van der Waals surface area (Å²) in [5.41, 5.74) is 0.109. The molecule has 1 aromatic rings. The average molecular weight is 353 g/mol. The number of sulfonamides is 1. The van der Waals surface area contributed by atoms with Gasteiger partial charge >= 0.3 is 0 Å². The van der Waals surface area contributed by atoms with Gasteiger partial charge in [0, 0.05) is 12.1 Å². The normalized spacial score (nSPS) is 11.7. The van der Waals surface area contributed by atoms with Crippen LogP contribution in [0, 0.1) is 5.92 Å². The Hall–Kier alpha value is -0.820. The van der Waals surface area contributed by atoms with Crippen molar-refractivity contribution in [2.24, 2.45) is 11.1 Å². The molecule has 0 unspecified atom stereocenters. The Kier molecular flexibility index (Phi) is 6.46. The van der Waals surface area contributed by atoms with Gasteiger partial charge in [-0.2, -0.15) is 0 Å². The molecule has 0 radical (unpaired) electrons. The van der Waals surface area contributed by atoms with Crippen molar-refractivity contribution in [3.8, 4) is 0 Å². The van der Waals surface area contributed by atoms with E-state index in [-0.39, 0.29) is 20.5 Å². The van der Waals surface area contributed by atoms with E-state index in [2.05, 4.69) is 19.2 Å². The molecule has 0 spiro atoms. The first kappa shape index (κ1) is 18.2. The lowest BCUT2D eigenvalue weighted by atomic mass is 10.1. The third-order valence-electron chi connectivity index (χ3n) is 2.81. The van der Waals surface area contributed by atoms with Crippen LogP contribution in [-0.4, -0.2) is 20.9 Å². The van der Waals surface area contributed by atoms with Gasteiger partial charge in [-0.25, -0.2) is 13.6 Å². The molecule has 0 aliphatic heterocycles. The summed E-state index contributed by atoms with van der Waals surface area (Å²) in [4.78, 5) is 11.6. The lowest BCUT2D eigenvalue weighted by Gasteiger charge is -2.10. The number of primary sulfonamides is 1. The number of hydrogen-bond acceptors (Lipinski definition) is 3. The highest BCUT2D eigenvalue weighted by molar-refractivity contribution is 7.89. The largest absolute Gasteiger partial charge is 0.352 e. The molecule has 0 aromatic heterocycles. The molecule has 0 heterocycles. The van der Waals surface area contributed by atoms with E-state index in [9.17, 15) is 13.2 Å². The highest BCUT2D eigenvalue weighted by Crippen LogP contribution is 2.30. The molecule has 0 fully saturated rings. The smallest absolute Gasteiger partial charge is 0.251 e. The van der Waals surface area contributed by atoms with Crippen LogP contribution in [0.3, 0.4) is 0 Å². The number of carbonyl (C=O) groups is 1. The number of nitrogens with two attached hydrogens (primary N) is 1. The van der Waals surface area contributed by atoms with E-state index in [0.29, 0.717) is 12.5 Å². The molecule has 5 nitrogen and oxygen atoms in total. The number of halogens is 2. The number of rotatable bonds is 6. The number of amides is 1. The summed E-state index contributed by atoms with van der Waals surface area (Å²) >= 11 is 11.6. The van der Waals surface area contributed by atoms with Gasteiger partial charge in [-0.3, -0.25) is 4.79 Å². The first-order chi connectivity index (χ1) is 9.62. The van der Waals surface area contributed by atoms with E-state index in [4.69, 9.17) is 28.3 Å². The molecule has 21 heavy (non-hydrogen) atoms. The zero-order valence-corrected chi connectivity index (χ0v) is 14.1. The van der Waals surface area contributed by atoms with Gasteiger partial charge in [0.15, 0.2) is 0 Å². The van der Waals surface area contributed by atoms with Crippen LogP contribution in [0.25, 0.3) is 0 Å². The van der Waals surface area contributed by atoms with Crippen molar-refractivity contribution in [1.82, 2.24) is 5.32 Å². The zero-order valence-electron chi connectivity index (χ0n) is 11.8.